The number of nitrogens with zero attached hydrogens (tertiary/aromatic N) is 7. The molecule has 4 aliphatic heterocycles. The van der Waals surface area contributed by atoms with Crippen LogP contribution < -0.4 is 15.4 Å². The summed E-state index contributed by atoms with van der Waals surface area (Å²) in [7, 11) is 0. The zero-order chi connectivity index (χ0) is 37.4. The van der Waals surface area contributed by atoms with Gasteiger partial charge in [-0.2, -0.15) is 23.1 Å². The normalized spacial score (nSPS) is 24.8. The van der Waals surface area contributed by atoms with E-state index in [-0.39, 0.29) is 71.3 Å². The van der Waals surface area contributed by atoms with E-state index in [4.69, 9.17) is 27.1 Å². The fourth-order valence-electron chi connectivity index (χ4n) is 8.66. The predicted molar refractivity (Wildman–Crippen MR) is 188 cm³/mol. The molecule has 4 atom stereocenters. The number of aryl methyl sites for hydroxylation is 1. The Hall–Kier alpha value is -4.22. The van der Waals surface area contributed by atoms with Crippen LogP contribution in [0, 0.1) is 12.7 Å². The number of nitrogen functional groups attached to an aromatic ring is 1. The molecule has 280 valence electrons. The number of likely N-dealkylation sites (tertiary alicyclic amines) is 1. The maximum Gasteiger partial charge on any atom is 0.418 e. The monoisotopic (exact) mass is 778 g/mol. The van der Waals surface area contributed by atoms with Crippen LogP contribution in [-0.4, -0.2) is 92.2 Å². The number of hydrogen-bond donors (Lipinski definition) is 1. The van der Waals surface area contributed by atoms with Crippen LogP contribution in [-0.2, 0) is 11.0 Å². The van der Waals surface area contributed by atoms with Gasteiger partial charge in [0.25, 0.3) is 5.91 Å². The number of thiazole rings is 1. The van der Waals surface area contributed by atoms with Gasteiger partial charge in [-0.3, -0.25) is 9.69 Å². The Balaban J connectivity index is 1.21. The highest BCUT2D eigenvalue weighted by atomic mass is 35.5. The Kier molecular flexibility index (Phi) is 8.96. The average Bonchev–Trinajstić information content (AvgIpc) is 3.91. The molecule has 4 aliphatic rings. The molecule has 18 heteroatoms. The second-order valence-electron chi connectivity index (χ2n) is 14.0. The van der Waals surface area contributed by atoms with Crippen LogP contribution in [0.3, 0.4) is 0 Å². The van der Waals surface area contributed by atoms with Gasteiger partial charge in [-0.15, -0.1) is 11.3 Å². The van der Waals surface area contributed by atoms with E-state index < -0.39 is 58.3 Å². The maximum atomic E-state index is 16.9. The summed E-state index contributed by atoms with van der Waals surface area (Å²) in [6.07, 6.45) is -0.748. The standard InChI is InChI=1S/C35H33ClF6N8O2S/c1-17-11-24(43)45-30(27(17)35(40,41)42)26-20(36)12-19-29(28(26)39)46-33(52-16-34-5-2-7-48(34)15-18(37)14-34)47-31(19)49-8-3-23-22(49)4-9-50(23)32(51)21(38)13-25-44-6-10-53-25/h6,10-13,18,22-23H,2-5,7-9,14-16H2,1H3,(H2,43,45)/b21-13-. The summed E-state index contributed by atoms with van der Waals surface area (Å²) in [5, 5.41) is 1.72. The highest BCUT2D eigenvalue weighted by molar-refractivity contribution is 7.10. The van der Waals surface area contributed by atoms with Crippen LogP contribution in [0.15, 0.2) is 29.5 Å². The van der Waals surface area contributed by atoms with Gasteiger partial charge < -0.3 is 20.3 Å². The quantitative estimate of drug-likeness (QED) is 0.157. The Morgan fingerprint density at radius 2 is 1.96 bits per heavy atom. The molecule has 0 radical (unpaired) electrons. The average molecular weight is 779 g/mol. The highest BCUT2D eigenvalue weighted by Gasteiger charge is 2.50. The van der Waals surface area contributed by atoms with Gasteiger partial charge in [-0.1, -0.05) is 11.6 Å². The largest absolute Gasteiger partial charge is 0.461 e. The van der Waals surface area contributed by atoms with Gasteiger partial charge in [0.2, 0.25) is 0 Å². The summed E-state index contributed by atoms with van der Waals surface area (Å²) in [6, 6.07) is 1.27. The van der Waals surface area contributed by atoms with Gasteiger partial charge in [0.1, 0.15) is 34.9 Å². The summed E-state index contributed by atoms with van der Waals surface area (Å²) in [5.41, 5.74) is 1.97. The van der Waals surface area contributed by atoms with Gasteiger partial charge in [0.15, 0.2) is 11.6 Å². The van der Waals surface area contributed by atoms with Crippen LogP contribution in [0.5, 0.6) is 6.01 Å². The Bertz CT molecular complexity index is 2140. The highest BCUT2D eigenvalue weighted by Crippen LogP contribution is 2.46. The number of ether oxygens (including phenoxy) is 1. The number of carbonyl (C=O) groups is 1. The summed E-state index contributed by atoms with van der Waals surface area (Å²) in [4.78, 5) is 35.6. The minimum atomic E-state index is -4.93. The molecule has 0 bridgehead atoms. The van der Waals surface area contributed by atoms with Gasteiger partial charge >= 0.3 is 12.2 Å². The van der Waals surface area contributed by atoms with Gasteiger partial charge in [0.05, 0.1) is 39.5 Å². The first-order valence-corrected chi connectivity index (χ1v) is 18.4. The first kappa shape index (κ1) is 35.8. The number of alkyl halides is 4. The Morgan fingerprint density at radius 1 is 1.17 bits per heavy atom. The maximum absolute atomic E-state index is 16.9. The zero-order valence-corrected chi connectivity index (χ0v) is 29.8. The van der Waals surface area contributed by atoms with Crippen LogP contribution >= 0.6 is 22.9 Å². The number of amides is 1. The molecule has 1 amide bonds. The van der Waals surface area contributed by atoms with Crippen molar-refractivity contribution in [2.45, 2.75) is 69.0 Å². The summed E-state index contributed by atoms with van der Waals surface area (Å²) in [5.74, 6) is -3.00. The van der Waals surface area contributed by atoms with Crippen LogP contribution in [0.1, 0.15) is 48.2 Å². The van der Waals surface area contributed by atoms with E-state index >= 15 is 8.78 Å². The molecule has 3 aromatic heterocycles. The second-order valence-corrected chi connectivity index (χ2v) is 15.3. The SMILES string of the molecule is Cc1cc(N)nc(-c2c(Cl)cc3c(N4CCC5C4CCN5C(=O)/C(F)=C/c4nccs4)nc(OCC45CCCN4CC(F)C5)nc3c2F)c1C(F)(F)F. The lowest BCUT2D eigenvalue weighted by Gasteiger charge is -2.31. The molecule has 4 fully saturated rings. The first-order chi connectivity index (χ1) is 25.2. The molecular weight excluding hydrogens is 746 g/mol. The molecule has 0 spiro atoms. The minimum absolute atomic E-state index is 0.00760. The molecular formula is C35H33ClF6N8O2S. The summed E-state index contributed by atoms with van der Waals surface area (Å²) < 4.78 is 95.9. The Morgan fingerprint density at radius 3 is 2.72 bits per heavy atom. The van der Waals surface area contributed by atoms with Crippen molar-refractivity contribution in [1.29, 1.82) is 0 Å². The molecule has 4 aromatic rings. The number of pyridine rings is 1. The van der Waals surface area contributed by atoms with Crippen molar-refractivity contribution < 1.29 is 35.9 Å². The van der Waals surface area contributed by atoms with Crippen molar-refractivity contribution in [3.63, 3.8) is 0 Å². The lowest BCUT2D eigenvalue weighted by Crippen LogP contribution is -2.43. The van der Waals surface area contributed by atoms with E-state index in [1.165, 1.54) is 35.4 Å². The van der Waals surface area contributed by atoms with Crippen LogP contribution in [0.4, 0.5) is 38.0 Å². The predicted octanol–water partition coefficient (Wildman–Crippen LogP) is 7.00. The smallest absolute Gasteiger partial charge is 0.418 e. The van der Waals surface area contributed by atoms with Gasteiger partial charge in [0, 0.05) is 49.1 Å². The van der Waals surface area contributed by atoms with E-state index in [9.17, 15) is 22.4 Å². The molecule has 0 aliphatic carbocycles. The number of halogens is 7. The summed E-state index contributed by atoms with van der Waals surface area (Å²) >= 11 is 7.83. The molecule has 4 unspecified atom stereocenters. The van der Waals surface area contributed by atoms with E-state index in [0.29, 0.717) is 37.4 Å². The number of fused-ring (bicyclic) bond motifs is 3. The lowest BCUT2D eigenvalue weighted by molar-refractivity contribution is -0.137. The fraction of sp³-hybridized carbons (Fsp3) is 0.457. The summed E-state index contributed by atoms with van der Waals surface area (Å²) in [6.45, 7) is 2.72. The third-order valence-corrected chi connectivity index (χ3v) is 11.9. The number of hydrogen-bond acceptors (Lipinski definition) is 10. The number of rotatable bonds is 7. The molecule has 7 heterocycles. The number of anilines is 2. The molecule has 2 N–H and O–H groups in total. The molecule has 1 aromatic carbocycles. The molecule has 4 saturated heterocycles. The van der Waals surface area contributed by atoms with Crippen molar-refractivity contribution in [2.24, 2.45) is 0 Å². The van der Waals surface area contributed by atoms with Crippen molar-refractivity contribution in [1.82, 2.24) is 29.7 Å². The molecule has 10 nitrogen and oxygen atoms in total. The van der Waals surface area contributed by atoms with E-state index in [0.717, 1.165) is 18.6 Å². The zero-order valence-electron chi connectivity index (χ0n) is 28.3. The van der Waals surface area contributed by atoms with E-state index in [1.807, 2.05) is 9.80 Å². The third-order valence-electron chi connectivity index (χ3n) is 10.8. The van der Waals surface area contributed by atoms with Gasteiger partial charge in [-0.05, 0) is 56.8 Å². The van der Waals surface area contributed by atoms with E-state index in [2.05, 4.69) is 15.0 Å². The van der Waals surface area contributed by atoms with Crippen molar-refractivity contribution in [3.05, 3.63) is 56.5 Å². The first-order valence-electron chi connectivity index (χ1n) is 17.1. The fourth-order valence-corrected chi connectivity index (χ4v) is 9.50. The van der Waals surface area contributed by atoms with Crippen molar-refractivity contribution in [3.8, 4) is 17.3 Å². The number of carbonyl (C=O) groups excluding carboxylic acids is 1. The van der Waals surface area contributed by atoms with Gasteiger partial charge in [-0.25, -0.2) is 23.1 Å². The minimum Gasteiger partial charge on any atom is -0.461 e. The molecule has 8 rings (SSSR count). The van der Waals surface area contributed by atoms with Crippen LogP contribution in [0.2, 0.25) is 5.02 Å². The number of aromatic nitrogens is 4. The van der Waals surface area contributed by atoms with Crippen LogP contribution in [0.25, 0.3) is 28.2 Å². The lowest BCUT2D eigenvalue weighted by atomic mass is 9.95. The number of nitrogens with two attached hydrogens (primary N) is 1. The topological polar surface area (TPSA) is 114 Å². The third kappa shape index (κ3) is 6.23. The number of benzene rings is 1. The molecule has 0 saturated carbocycles. The van der Waals surface area contributed by atoms with E-state index in [1.54, 1.807) is 5.38 Å². The van der Waals surface area contributed by atoms with Crippen molar-refractivity contribution >= 4 is 57.5 Å². The molecule has 53 heavy (non-hydrogen) atoms. The van der Waals surface area contributed by atoms with Crippen molar-refractivity contribution in [2.75, 3.05) is 43.4 Å². The Labute approximate surface area is 308 Å². The second kappa shape index (κ2) is 13.3.